The molecule has 2 unspecified atom stereocenters. The van der Waals surface area contributed by atoms with Crippen LogP contribution >= 0.6 is 0 Å². The van der Waals surface area contributed by atoms with Crippen LogP contribution in [-0.4, -0.2) is 35.6 Å². The van der Waals surface area contributed by atoms with Crippen LogP contribution < -0.4 is 5.32 Å². The summed E-state index contributed by atoms with van der Waals surface area (Å²) >= 11 is 0. The van der Waals surface area contributed by atoms with Gasteiger partial charge in [-0.3, -0.25) is 4.68 Å². The maximum atomic E-state index is 5.52. The van der Waals surface area contributed by atoms with Crippen LogP contribution in [0, 0.1) is 19.8 Å². The fourth-order valence-electron chi connectivity index (χ4n) is 2.63. The van der Waals surface area contributed by atoms with E-state index in [9.17, 15) is 0 Å². The molecule has 1 aromatic heterocycles. The van der Waals surface area contributed by atoms with E-state index in [0.717, 1.165) is 32.0 Å². The lowest BCUT2D eigenvalue weighted by atomic mass is 9.99. The van der Waals surface area contributed by atoms with Gasteiger partial charge < -0.3 is 10.1 Å². The highest BCUT2D eigenvalue weighted by Gasteiger charge is 2.26. The maximum Gasteiger partial charge on any atom is 0.0596 e. The number of rotatable bonds is 6. The summed E-state index contributed by atoms with van der Waals surface area (Å²) in [5.41, 5.74) is 2.35. The summed E-state index contributed by atoms with van der Waals surface area (Å²) in [7, 11) is 0. The van der Waals surface area contributed by atoms with Crippen LogP contribution in [0.4, 0.5) is 0 Å². The SMILES string of the molecule is CCCNC(Cn1nc(C)cc1C)C1CCOC1. The molecule has 0 aliphatic carbocycles. The van der Waals surface area contributed by atoms with Crippen molar-refractivity contribution in [2.24, 2.45) is 5.92 Å². The van der Waals surface area contributed by atoms with Crippen LogP contribution in [0.2, 0.25) is 0 Å². The molecule has 1 saturated heterocycles. The van der Waals surface area contributed by atoms with Crippen molar-refractivity contribution in [2.75, 3.05) is 19.8 Å². The highest BCUT2D eigenvalue weighted by Crippen LogP contribution is 2.18. The molecule has 0 radical (unpaired) electrons. The number of nitrogens with one attached hydrogen (secondary N) is 1. The van der Waals surface area contributed by atoms with E-state index in [4.69, 9.17) is 4.74 Å². The van der Waals surface area contributed by atoms with Gasteiger partial charge in [-0.15, -0.1) is 0 Å². The third kappa shape index (κ3) is 3.33. The smallest absolute Gasteiger partial charge is 0.0596 e. The Bertz CT molecular complexity index is 369. The minimum atomic E-state index is 0.477. The van der Waals surface area contributed by atoms with E-state index in [1.807, 2.05) is 0 Å². The van der Waals surface area contributed by atoms with E-state index in [0.29, 0.717) is 12.0 Å². The molecule has 102 valence electrons. The van der Waals surface area contributed by atoms with Crippen LogP contribution in [0.1, 0.15) is 31.2 Å². The number of aromatic nitrogens is 2. The van der Waals surface area contributed by atoms with Gasteiger partial charge in [-0.2, -0.15) is 5.10 Å². The summed E-state index contributed by atoms with van der Waals surface area (Å²) in [6, 6.07) is 2.62. The lowest BCUT2D eigenvalue weighted by molar-refractivity contribution is 0.172. The molecule has 0 bridgehead atoms. The molecule has 1 aliphatic rings. The Morgan fingerprint density at radius 3 is 2.94 bits per heavy atom. The van der Waals surface area contributed by atoms with Crippen molar-refractivity contribution in [1.82, 2.24) is 15.1 Å². The Labute approximate surface area is 110 Å². The quantitative estimate of drug-likeness (QED) is 0.839. The van der Waals surface area contributed by atoms with Crippen LogP contribution in [0.15, 0.2) is 6.07 Å². The number of hydrogen-bond acceptors (Lipinski definition) is 3. The second-order valence-electron chi connectivity index (χ2n) is 5.29. The van der Waals surface area contributed by atoms with Gasteiger partial charge in [-0.1, -0.05) is 6.92 Å². The van der Waals surface area contributed by atoms with Crippen molar-refractivity contribution in [3.05, 3.63) is 17.5 Å². The standard InChI is InChI=1S/C14H25N3O/c1-4-6-15-14(13-5-7-18-10-13)9-17-12(3)8-11(2)16-17/h8,13-15H,4-7,9-10H2,1-3H3. The maximum absolute atomic E-state index is 5.52. The van der Waals surface area contributed by atoms with E-state index in [1.54, 1.807) is 0 Å². The van der Waals surface area contributed by atoms with Crippen molar-refractivity contribution in [1.29, 1.82) is 0 Å². The summed E-state index contributed by atoms with van der Waals surface area (Å²) in [6.45, 7) is 10.2. The number of hydrogen-bond donors (Lipinski definition) is 1. The third-order valence-electron chi connectivity index (χ3n) is 3.66. The van der Waals surface area contributed by atoms with Crippen LogP contribution in [0.3, 0.4) is 0 Å². The Hall–Kier alpha value is -0.870. The Balaban J connectivity index is 2.01. The molecule has 2 rings (SSSR count). The lowest BCUT2D eigenvalue weighted by Gasteiger charge is -2.24. The highest BCUT2D eigenvalue weighted by atomic mass is 16.5. The van der Waals surface area contributed by atoms with Gasteiger partial charge in [0.1, 0.15) is 0 Å². The average molecular weight is 251 g/mol. The Morgan fingerprint density at radius 1 is 1.56 bits per heavy atom. The average Bonchev–Trinajstić information content (AvgIpc) is 2.95. The monoisotopic (exact) mass is 251 g/mol. The van der Waals surface area contributed by atoms with Crippen LogP contribution in [0.25, 0.3) is 0 Å². The minimum Gasteiger partial charge on any atom is -0.381 e. The summed E-state index contributed by atoms with van der Waals surface area (Å²) in [5, 5.41) is 8.22. The predicted molar refractivity (Wildman–Crippen MR) is 72.7 cm³/mol. The molecule has 0 spiro atoms. The second-order valence-corrected chi connectivity index (χ2v) is 5.29. The summed E-state index contributed by atoms with van der Waals surface area (Å²) in [5.74, 6) is 0.625. The summed E-state index contributed by atoms with van der Waals surface area (Å²) in [4.78, 5) is 0. The largest absolute Gasteiger partial charge is 0.381 e. The molecule has 2 atom stereocenters. The first-order valence-corrected chi connectivity index (χ1v) is 7.03. The number of ether oxygens (including phenoxy) is 1. The van der Waals surface area contributed by atoms with Crippen molar-refractivity contribution < 1.29 is 4.74 Å². The summed E-state index contributed by atoms with van der Waals surface area (Å²) in [6.07, 6.45) is 2.34. The predicted octanol–water partition coefficient (Wildman–Crippen LogP) is 1.90. The van der Waals surface area contributed by atoms with Crippen molar-refractivity contribution in [3.63, 3.8) is 0 Å². The van der Waals surface area contributed by atoms with Gasteiger partial charge in [0, 0.05) is 24.3 Å². The Kier molecular flexibility index (Phi) is 4.78. The topological polar surface area (TPSA) is 39.1 Å². The molecule has 4 nitrogen and oxygen atoms in total. The zero-order valence-electron chi connectivity index (χ0n) is 11.8. The second kappa shape index (κ2) is 6.34. The molecule has 1 N–H and O–H groups in total. The fourth-order valence-corrected chi connectivity index (χ4v) is 2.63. The van der Waals surface area contributed by atoms with Crippen molar-refractivity contribution >= 4 is 0 Å². The fraction of sp³-hybridized carbons (Fsp3) is 0.786. The number of nitrogens with zero attached hydrogens (tertiary/aromatic N) is 2. The molecule has 0 saturated carbocycles. The molecule has 18 heavy (non-hydrogen) atoms. The van der Waals surface area contributed by atoms with E-state index < -0.39 is 0 Å². The normalized spacial score (nSPS) is 21.4. The molecule has 4 heteroatoms. The van der Waals surface area contributed by atoms with Crippen LogP contribution in [0.5, 0.6) is 0 Å². The molecule has 1 aromatic rings. The van der Waals surface area contributed by atoms with Gasteiger partial charge in [-0.05, 0) is 39.3 Å². The molecule has 2 heterocycles. The highest BCUT2D eigenvalue weighted by molar-refractivity contribution is 5.06. The zero-order chi connectivity index (χ0) is 13.0. The van der Waals surface area contributed by atoms with E-state index >= 15 is 0 Å². The molecule has 0 amide bonds. The minimum absolute atomic E-state index is 0.477. The first-order valence-electron chi connectivity index (χ1n) is 7.03. The van der Waals surface area contributed by atoms with Gasteiger partial charge in [0.25, 0.3) is 0 Å². The lowest BCUT2D eigenvalue weighted by Crippen LogP contribution is -2.41. The molecular formula is C14H25N3O. The third-order valence-corrected chi connectivity index (χ3v) is 3.66. The Morgan fingerprint density at radius 2 is 2.39 bits per heavy atom. The van der Waals surface area contributed by atoms with Gasteiger partial charge in [0.05, 0.1) is 18.8 Å². The van der Waals surface area contributed by atoms with Crippen LogP contribution in [-0.2, 0) is 11.3 Å². The van der Waals surface area contributed by atoms with E-state index in [2.05, 4.69) is 41.9 Å². The van der Waals surface area contributed by atoms with E-state index in [1.165, 1.54) is 18.5 Å². The zero-order valence-corrected chi connectivity index (χ0v) is 11.8. The van der Waals surface area contributed by atoms with Gasteiger partial charge in [0.15, 0.2) is 0 Å². The van der Waals surface area contributed by atoms with Gasteiger partial charge in [0.2, 0.25) is 0 Å². The molecule has 1 fully saturated rings. The van der Waals surface area contributed by atoms with Crippen molar-refractivity contribution in [2.45, 2.75) is 46.2 Å². The molecule has 1 aliphatic heterocycles. The van der Waals surface area contributed by atoms with Crippen molar-refractivity contribution in [3.8, 4) is 0 Å². The summed E-state index contributed by atoms with van der Waals surface area (Å²) < 4.78 is 7.65. The first-order chi connectivity index (χ1) is 8.70. The molecule has 0 aromatic carbocycles. The number of aryl methyl sites for hydroxylation is 2. The first kappa shape index (κ1) is 13.6. The molecular weight excluding hydrogens is 226 g/mol. The van der Waals surface area contributed by atoms with Gasteiger partial charge in [-0.25, -0.2) is 0 Å². The van der Waals surface area contributed by atoms with E-state index in [-0.39, 0.29) is 0 Å². The van der Waals surface area contributed by atoms with Gasteiger partial charge >= 0.3 is 0 Å².